The molecule has 2 aromatic heterocycles. The van der Waals surface area contributed by atoms with Crippen LogP contribution in [0.25, 0.3) is 21.3 Å². The molecule has 0 atom stereocenters. The number of benzene rings is 2. The van der Waals surface area contributed by atoms with Crippen molar-refractivity contribution < 1.29 is 13.2 Å². The highest BCUT2D eigenvalue weighted by Gasteiger charge is 2.30. The van der Waals surface area contributed by atoms with Gasteiger partial charge in [0.2, 0.25) is 10.0 Å². The fourth-order valence-corrected chi connectivity index (χ4v) is 6.93. The summed E-state index contributed by atoms with van der Waals surface area (Å²) in [6, 6.07) is 14.8. The van der Waals surface area contributed by atoms with Gasteiger partial charge in [0.05, 0.1) is 17.4 Å². The van der Waals surface area contributed by atoms with Gasteiger partial charge in [-0.25, -0.2) is 18.4 Å². The third-order valence-corrected chi connectivity index (χ3v) is 9.00. The Morgan fingerprint density at radius 3 is 2.48 bits per heavy atom. The van der Waals surface area contributed by atoms with Crippen molar-refractivity contribution in [1.82, 2.24) is 14.3 Å². The zero-order valence-electron chi connectivity index (χ0n) is 17.8. The van der Waals surface area contributed by atoms with Crippen LogP contribution in [-0.4, -0.2) is 56.0 Å². The van der Waals surface area contributed by atoms with Crippen molar-refractivity contribution in [3.63, 3.8) is 0 Å². The largest absolute Gasteiger partial charge is 0.497 e. The summed E-state index contributed by atoms with van der Waals surface area (Å²) in [6.07, 6.45) is 1.58. The molecule has 0 aliphatic carbocycles. The number of aromatic nitrogens is 2. The molecule has 0 unspecified atom stereocenters. The summed E-state index contributed by atoms with van der Waals surface area (Å²) in [4.78, 5) is 12.4. The van der Waals surface area contributed by atoms with Crippen molar-refractivity contribution in [1.29, 1.82) is 0 Å². The molecule has 7 nitrogen and oxygen atoms in total. The van der Waals surface area contributed by atoms with Crippen molar-refractivity contribution in [3.8, 4) is 16.9 Å². The summed E-state index contributed by atoms with van der Waals surface area (Å²) in [7, 11) is -1.90. The molecule has 4 aromatic rings. The van der Waals surface area contributed by atoms with Crippen LogP contribution in [0.1, 0.15) is 0 Å². The van der Waals surface area contributed by atoms with Crippen molar-refractivity contribution >= 4 is 53.3 Å². The van der Waals surface area contributed by atoms with E-state index in [1.165, 1.54) is 0 Å². The molecule has 5 rings (SSSR count). The molecular formula is C23H21BrN4O3S2. The Kier molecular flexibility index (Phi) is 6.09. The molecule has 0 radical (unpaired) electrons. The van der Waals surface area contributed by atoms with Crippen molar-refractivity contribution in [2.75, 3.05) is 38.2 Å². The molecule has 2 aromatic carbocycles. The summed E-state index contributed by atoms with van der Waals surface area (Å²) >= 11 is 4.94. The number of ether oxygens (including phenoxy) is 1. The Bertz CT molecular complexity index is 1400. The maximum Gasteiger partial charge on any atom is 0.243 e. The van der Waals surface area contributed by atoms with Crippen LogP contribution >= 0.6 is 27.3 Å². The SMILES string of the molecule is COc1ccc(-c2csc3ncnc(N4CCN(S(=O)(=O)c5cccc(Br)c5)CC4)c23)cc1. The number of fused-ring (bicyclic) bond motifs is 1. The molecule has 10 heteroatoms. The molecule has 1 aliphatic rings. The zero-order chi connectivity index (χ0) is 23.0. The first-order valence-corrected chi connectivity index (χ1v) is 13.5. The number of anilines is 1. The van der Waals surface area contributed by atoms with Gasteiger partial charge in [-0.3, -0.25) is 0 Å². The van der Waals surface area contributed by atoms with Gasteiger partial charge in [0.1, 0.15) is 22.7 Å². The fourth-order valence-electron chi connectivity index (χ4n) is 4.00. The molecule has 1 saturated heterocycles. The van der Waals surface area contributed by atoms with Crippen LogP contribution in [0.4, 0.5) is 5.82 Å². The van der Waals surface area contributed by atoms with Gasteiger partial charge in [0.15, 0.2) is 0 Å². The molecular weight excluding hydrogens is 524 g/mol. The van der Waals surface area contributed by atoms with E-state index in [-0.39, 0.29) is 0 Å². The van der Waals surface area contributed by atoms with Crippen LogP contribution in [0.2, 0.25) is 0 Å². The Labute approximate surface area is 204 Å². The van der Waals surface area contributed by atoms with Gasteiger partial charge in [0, 0.05) is 41.6 Å². The molecule has 0 amide bonds. The number of hydrogen-bond donors (Lipinski definition) is 0. The van der Waals surface area contributed by atoms with Gasteiger partial charge < -0.3 is 9.64 Å². The standard InChI is InChI=1S/C23H21BrN4O3S2/c1-31-18-7-5-16(6-8-18)20-14-32-23-21(20)22(25-15-26-23)27-9-11-28(12-10-27)33(29,30)19-4-2-3-17(24)13-19/h2-8,13-15H,9-12H2,1H3. The van der Waals surface area contributed by atoms with Crippen molar-refractivity contribution in [2.24, 2.45) is 0 Å². The number of piperazine rings is 1. The minimum Gasteiger partial charge on any atom is -0.497 e. The molecule has 33 heavy (non-hydrogen) atoms. The molecule has 170 valence electrons. The summed E-state index contributed by atoms with van der Waals surface area (Å²) < 4.78 is 33.8. The van der Waals surface area contributed by atoms with Gasteiger partial charge in [0.25, 0.3) is 0 Å². The molecule has 1 fully saturated rings. The third-order valence-electron chi connectivity index (χ3n) is 5.72. The monoisotopic (exact) mass is 544 g/mol. The van der Waals surface area contributed by atoms with Gasteiger partial charge in [-0.15, -0.1) is 11.3 Å². The van der Waals surface area contributed by atoms with E-state index in [4.69, 9.17) is 4.74 Å². The quantitative estimate of drug-likeness (QED) is 0.364. The van der Waals surface area contributed by atoms with Gasteiger partial charge in [-0.2, -0.15) is 4.31 Å². The molecule has 0 saturated carbocycles. The Morgan fingerprint density at radius 1 is 1.03 bits per heavy atom. The van der Waals surface area contributed by atoms with Gasteiger partial charge in [-0.05, 0) is 35.9 Å². The lowest BCUT2D eigenvalue weighted by Gasteiger charge is -2.35. The predicted octanol–water partition coefficient (Wildman–Crippen LogP) is 4.64. The first-order chi connectivity index (χ1) is 16.0. The molecule has 0 spiro atoms. The van der Waals surface area contributed by atoms with Gasteiger partial charge in [-0.1, -0.05) is 34.1 Å². The highest BCUT2D eigenvalue weighted by molar-refractivity contribution is 9.10. The minimum absolute atomic E-state index is 0.300. The smallest absolute Gasteiger partial charge is 0.243 e. The topological polar surface area (TPSA) is 75.6 Å². The Hall–Kier alpha value is -2.53. The highest BCUT2D eigenvalue weighted by atomic mass is 79.9. The van der Waals surface area contributed by atoms with Crippen LogP contribution in [0, 0.1) is 0 Å². The molecule has 1 aliphatic heterocycles. The second-order valence-corrected chi connectivity index (χ2v) is 11.3. The number of nitrogens with zero attached hydrogens (tertiary/aromatic N) is 4. The number of hydrogen-bond acceptors (Lipinski definition) is 7. The lowest BCUT2D eigenvalue weighted by molar-refractivity contribution is 0.384. The number of rotatable bonds is 5. The molecule has 0 bridgehead atoms. The zero-order valence-corrected chi connectivity index (χ0v) is 21.0. The van der Waals surface area contributed by atoms with Crippen molar-refractivity contribution in [3.05, 3.63) is 64.7 Å². The third kappa shape index (κ3) is 4.23. The molecule has 3 heterocycles. The Morgan fingerprint density at radius 2 is 1.79 bits per heavy atom. The summed E-state index contributed by atoms with van der Waals surface area (Å²) in [5.41, 5.74) is 2.13. The summed E-state index contributed by atoms with van der Waals surface area (Å²) in [6.45, 7) is 1.89. The predicted molar refractivity (Wildman–Crippen MR) is 135 cm³/mol. The van der Waals surface area contributed by atoms with E-state index in [0.717, 1.165) is 37.4 Å². The van der Waals surface area contributed by atoms with E-state index < -0.39 is 10.0 Å². The van der Waals surface area contributed by atoms with Gasteiger partial charge >= 0.3 is 0 Å². The second-order valence-electron chi connectivity index (χ2n) is 7.60. The number of methoxy groups -OCH3 is 1. The van der Waals surface area contributed by atoms with Crippen LogP contribution in [-0.2, 0) is 10.0 Å². The second kappa shape index (κ2) is 9.02. The maximum atomic E-state index is 13.1. The lowest BCUT2D eigenvalue weighted by atomic mass is 10.1. The maximum absolute atomic E-state index is 13.1. The Balaban J connectivity index is 1.42. The summed E-state index contributed by atoms with van der Waals surface area (Å²) in [5, 5.41) is 3.09. The van der Waals surface area contributed by atoms with Crippen molar-refractivity contribution in [2.45, 2.75) is 4.90 Å². The normalized spacial score (nSPS) is 15.2. The molecule has 0 N–H and O–H groups in total. The first kappa shape index (κ1) is 22.3. The fraction of sp³-hybridized carbons (Fsp3) is 0.217. The van der Waals surface area contributed by atoms with E-state index in [1.54, 1.807) is 47.3 Å². The first-order valence-electron chi connectivity index (χ1n) is 10.3. The van der Waals surface area contributed by atoms with E-state index in [2.05, 4.69) is 36.2 Å². The average molecular weight is 545 g/mol. The average Bonchev–Trinajstić information content (AvgIpc) is 3.28. The van der Waals surface area contributed by atoms with E-state index in [9.17, 15) is 8.42 Å². The minimum atomic E-state index is -3.55. The highest BCUT2D eigenvalue weighted by Crippen LogP contribution is 2.38. The van der Waals surface area contributed by atoms with Crippen LogP contribution in [0.5, 0.6) is 5.75 Å². The lowest BCUT2D eigenvalue weighted by Crippen LogP contribution is -2.49. The van der Waals surface area contributed by atoms with Crippen LogP contribution in [0.15, 0.2) is 69.6 Å². The number of halogens is 1. The summed E-state index contributed by atoms with van der Waals surface area (Å²) in [5.74, 6) is 1.64. The van der Waals surface area contributed by atoms with E-state index in [0.29, 0.717) is 31.1 Å². The van der Waals surface area contributed by atoms with E-state index >= 15 is 0 Å². The van der Waals surface area contributed by atoms with E-state index in [1.807, 2.05) is 30.3 Å². The number of thiophene rings is 1. The van der Waals surface area contributed by atoms with Crippen LogP contribution in [0.3, 0.4) is 0 Å². The van der Waals surface area contributed by atoms with Crippen LogP contribution < -0.4 is 9.64 Å². The number of sulfonamides is 1.